The molecule has 3 nitrogen and oxygen atoms in total. The molecule has 1 aromatic carbocycles. The van der Waals surface area contributed by atoms with E-state index in [1.54, 1.807) is 0 Å². The van der Waals surface area contributed by atoms with Gasteiger partial charge in [-0.25, -0.2) is 13.2 Å². The first-order chi connectivity index (χ1) is 8.49. The largest absolute Gasteiger partial charge is 0.381 e. The van der Waals surface area contributed by atoms with Crippen LogP contribution in [0.4, 0.5) is 19.0 Å². The summed E-state index contributed by atoms with van der Waals surface area (Å²) in [5, 5.41) is 3.82. The number of anilines is 1. The minimum absolute atomic E-state index is 0.0309. The van der Waals surface area contributed by atoms with Gasteiger partial charge in [-0.2, -0.15) is 5.10 Å². The Morgan fingerprint density at radius 1 is 1.28 bits per heavy atom. The number of benzene rings is 1. The number of nitrogens with two attached hydrogens (primary N) is 1. The normalized spacial score (nSPS) is 11.2. The summed E-state index contributed by atoms with van der Waals surface area (Å²) in [6.07, 6.45) is -2.58. The lowest BCUT2D eigenvalue weighted by Crippen LogP contribution is -2.09. The van der Waals surface area contributed by atoms with E-state index in [2.05, 4.69) is 5.10 Å². The van der Waals surface area contributed by atoms with Gasteiger partial charge in [0, 0.05) is 5.56 Å². The highest BCUT2D eigenvalue weighted by atomic mass is 35.5. The van der Waals surface area contributed by atoms with Crippen molar-refractivity contribution < 1.29 is 13.2 Å². The van der Waals surface area contributed by atoms with E-state index in [9.17, 15) is 13.2 Å². The zero-order valence-corrected chi connectivity index (χ0v) is 9.83. The highest BCUT2D eigenvalue weighted by Crippen LogP contribution is 2.32. The second-order valence-corrected chi connectivity index (χ2v) is 4.01. The van der Waals surface area contributed by atoms with E-state index in [-0.39, 0.29) is 16.5 Å². The fourth-order valence-corrected chi connectivity index (χ4v) is 1.85. The molecule has 0 aliphatic rings. The van der Waals surface area contributed by atoms with Crippen LogP contribution in [0.15, 0.2) is 24.3 Å². The lowest BCUT2D eigenvalue weighted by Gasteiger charge is -2.07. The highest BCUT2D eigenvalue weighted by Gasteiger charge is 2.18. The predicted octanol–water partition coefficient (Wildman–Crippen LogP) is 3.19. The van der Waals surface area contributed by atoms with Crippen molar-refractivity contribution >= 4 is 17.4 Å². The molecule has 0 unspecified atom stereocenters. The van der Waals surface area contributed by atoms with Crippen LogP contribution in [-0.4, -0.2) is 16.2 Å². The van der Waals surface area contributed by atoms with Crippen molar-refractivity contribution in [3.63, 3.8) is 0 Å². The lowest BCUT2D eigenvalue weighted by atomic mass is 10.1. The van der Waals surface area contributed by atoms with E-state index < -0.39 is 18.8 Å². The van der Waals surface area contributed by atoms with Crippen molar-refractivity contribution in [2.75, 3.05) is 5.73 Å². The van der Waals surface area contributed by atoms with Crippen LogP contribution in [0.1, 0.15) is 0 Å². The number of nitrogen functional groups attached to an aromatic ring is 1. The molecule has 0 amide bonds. The monoisotopic (exact) mass is 275 g/mol. The average Bonchev–Trinajstić information content (AvgIpc) is 2.55. The maximum Gasteiger partial charge on any atom is 0.257 e. The van der Waals surface area contributed by atoms with Gasteiger partial charge in [-0.3, -0.25) is 4.68 Å². The zero-order valence-electron chi connectivity index (χ0n) is 9.08. The zero-order chi connectivity index (χ0) is 13.3. The van der Waals surface area contributed by atoms with Crippen molar-refractivity contribution in [3.8, 4) is 11.3 Å². The molecule has 0 radical (unpaired) electrons. The maximum atomic E-state index is 12.8. The van der Waals surface area contributed by atoms with Gasteiger partial charge >= 0.3 is 0 Å². The molecular weight excluding hydrogens is 267 g/mol. The fourth-order valence-electron chi connectivity index (χ4n) is 1.60. The van der Waals surface area contributed by atoms with Gasteiger partial charge in [0.2, 0.25) is 0 Å². The topological polar surface area (TPSA) is 43.8 Å². The van der Waals surface area contributed by atoms with Gasteiger partial charge in [0.05, 0.1) is 5.69 Å². The molecule has 0 bridgehead atoms. The molecule has 0 aliphatic carbocycles. The van der Waals surface area contributed by atoms with E-state index in [4.69, 9.17) is 17.3 Å². The summed E-state index contributed by atoms with van der Waals surface area (Å²) in [5.74, 6) is -0.459. The van der Waals surface area contributed by atoms with E-state index in [0.717, 1.165) is 4.68 Å². The Morgan fingerprint density at radius 3 is 2.44 bits per heavy atom. The predicted molar refractivity (Wildman–Crippen MR) is 63.0 cm³/mol. The Morgan fingerprint density at radius 2 is 1.89 bits per heavy atom. The molecule has 2 aromatic rings. The summed E-state index contributed by atoms with van der Waals surface area (Å²) in [6.45, 7) is -0.621. The van der Waals surface area contributed by atoms with Gasteiger partial charge < -0.3 is 5.73 Å². The van der Waals surface area contributed by atoms with Crippen LogP contribution in [0.3, 0.4) is 0 Å². The fraction of sp³-hybridized carbons (Fsp3) is 0.182. The summed E-state index contributed by atoms with van der Waals surface area (Å²) >= 11 is 5.92. The van der Waals surface area contributed by atoms with E-state index >= 15 is 0 Å². The van der Waals surface area contributed by atoms with Gasteiger partial charge in [-0.1, -0.05) is 11.6 Å². The molecule has 0 saturated carbocycles. The average molecular weight is 276 g/mol. The van der Waals surface area contributed by atoms with Gasteiger partial charge in [0.25, 0.3) is 6.43 Å². The van der Waals surface area contributed by atoms with Crippen LogP contribution >= 0.6 is 11.6 Å². The van der Waals surface area contributed by atoms with Crippen molar-refractivity contribution in [2.24, 2.45) is 0 Å². The molecule has 7 heteroatoms. The Bertz CT molecular complexity index is 551. The van der Waals surface area contributed by atoms with E-state index in [0.29, 0.717) is 5.56 Å². The molecule has 18 heavy (non-hydrogen) atoms. The third-order valence-corrected chi connectivity index (χ3v) is 2.72. The Hall–Kier alpha value is -1.69. The van der Waals surface area contributed by atoms with Crippen LogP contribution in [0.2, 0.25) is 5.02 Å². The van der Waals surface area contributed by atoms with E-state index in [1.807, 2.05) is 0 Å². The first-order valence-corrected chi connectivity index (χ1v) is 5.42. The van der Waals surface area contributed by atoms with Crippen LogP contribution in [-0.2, 0) is 6.54 Å². The SMILES string of the molecule is Nc1nn(CC(F)F)c(-c2ccc(F)cc2)c1Cl. The third kappa shape index (κ3) is 2.43. The lowest BCUT2D eigenvalue weighted by molar-refractivity contribution is 0.122. The summed E-state index contributed by atoms with van der Waals surface area (Å²) < 4.78 is 38.7. The number of halogens is 4. The molecule has 0 atom stereocenters. The van der Waals surface area contributed by atoms with Crippen LogP contribution in [0.25, 0.3) is 11.3 Å². The van der Waals surface area contributed by atoms with Gasteiger partial charge in [-0.05, 0) is 24.3 Å². The quantitative estimate of drug-likeness (QED) is 0.935. The minimum Gasteiger partial charge on any atom is -0.381 e. The molecule has 0 spiro atoms. The Labute approximate surface area is 106 Å². The maximum absolute atomic E-state index is 12.8. The number of hydrogen-bond acceptors (Lipinski definition) is 2. The minimum atomic E-state index is -2.58. The molecule has 0 aliphatic heterocycles. The first kappa shape index (κ1) is 12.8. The molecule has 2 rings (SSSR count). The number of alkyl halides is 2. The second kappa shape index (κ2) is 4.89. The van der Waals surface area contributed by atoms with Gasteiger partial charge in [0.15, 0.2) is 5.82 Å². The summed E-state index contributed by atoms with van der Waals surface area (Å²) in [6, 6.07) is 5.28. The van der Waals surface area contributed by atoms with Crippen molar-refractivity contribution in [1.82, 2.24) is 9.78 Å². The smallest absolute Gasteiger partial charge is 0.257 e. The first-order valence-electron chi connectivity index (χ1n) is 5.05. The summed E-state index contributed by atoms with van der Waals surface area (Å²) in [5.41, 5.74) is 6.24. The molecule has 1 heterocycles. The molecule has 2 N–H and O–H groups in total. The molecule has 96 valence electrons. The standard InChI is InChI=1S/C11H9ClF3N3/c12-9-10(6-1-3-7(13)4-2-6)18(5-8(14)15)17-11(9)16/h1-4,8H,5H2,(H2,16,17). The Balaban J connectivity index is 2.51. The van der Waals surface area contributed by atoms with Crippen molar-refractivity contribution in [2.45, 2.75) is 13.0 Å². The number of hydrogen-bond donors (Lipinski definition) is 1. The van der Waals surface area contributed by atoms with Gasteiger partial charge in [-0.15, -0.1) is 0 Å². The summed E-state index contributed by atoms with van der Waals surface area (Å²) in [4.78, 5) is 0. The van der Waals surface area contributed by atoms with E-state index in [1.165, 1.54) is 24.3 Å². The van der Waals surface area contributed by atoms with Crippen LogP contribution < -0.4 is 5.73 Å². The van der Waals surface area contributed by atoms with Crippen LogP contribution in [0.5, 0.6) is 0 Å². The third-order valence-electron chi connectivity index (χ3n) is 2.35. The molecule has 0 fully saturated rings. The molecule has 1 aromatic heterocycles. The molecular formula is C11H9ClF3N3. The highest BCUT2D eigenvalue weighted by molar-refractivity contribution is 6.35. The number of nitrogens with zero attached hydrogens (tertiary/aromatic N) is 2. The Kier molecular flexibility index (Phi) is 3.47. The van der Waals surface area contributed by atoms with Crippen LogP contribution in [0, 0.1) is 5.82 Å². The van der Waals surface area contributed by atoms with Crippen molar-refractivity contribution in [3.05, 3.63) is 35.1 Å². The number of aromatic nitrogens is 2. The van der Waals surface area contributed by atoms with Crippen molar-refractivity contribution in [1.29, 1.82) is 0 Å². The van der Waals surface area contributed by atoms with Gasteiger partial charge in [0.1, 0.15) is 17.4 Å². The summed E-state index contributed by atoms with van der Waals surface area (Å²) in [7, 11) is 0. The second-order valence-electron chi connectivity index (χ2n) is 3.63. The molecule has 0 saturated heterocycles. The number of rotatable bonds is 3.